The first-order chi connectivity index (χ1) is 22.1. The van der Waals surface area contributed by atoms with Gasteiger partial charge < -0.3 is 9.32 Å². The SMILES string of the molecule is CC1(C)c2ccccc2-c2c(N(c3ccc4ccccc4c3)c3ccccc3-c3cccc4oc5ccccc5c34)cccc21. The molecule has 7 aromatic carbocycles. The number of anilines is 3. The van der Waals surface area contributed by atoms with Crippen LogP contribution >= 0.6 is 0 Å². The number of nitrogens with zero attached hydrogens (tertiary/aromatic N) is 1. The second kappa shape index (κ2) is 9.70. The van der Waals surface area contributed by atoms with Gasteiger partial charge in [0.2, 0.25) is 0 Å². The Hall–Kier alpha value is -5.60. The van der Waals surface area contributed by atoms with E-state index in [-0.39, 0.29) is 5.41 Å². The van der Waals surface area contributed by atoms with Crippen molar-refractivity contribution in [1.29, 1.82) is 0 Å². The summed E-state index contributed by atoms with van der Waals surface area (Å²) < 4.78 is 6.34. The summed E-state index contributed by atoms with van der Waals surface area (Å²) in [5.74, 6) is 0. The highest BCUT2D eigenvalue weighted by molar-refractivity contribution is 6.14. The Kier molecular flexibility index (Phi) is 5.58. The molecule has 2 nitrogen and oxygen atoms in total. The second-order valence-electron chi connectivity index (χ2n) is 12.5. The molecule has 0 bridgehead atoms. The van der Waals surface area contributed by atoms with Gasteiger partial charge in [0.25, 0.3) is 0 Å². The minimum atomic E-state index is -0.0994. The number of hydrogen-bond donors (Lipinski definition) is 0. The number of para-hydroxylation sites is 2. The van der Waals surface area contributed by atoms with Gasteiger partial charge >= 0.3 is 0 Å². The van der Waals surface area contributed by atoms with Crippen LogP contribution in [0, 0.1) is 0 Å². The fourth-order valence-corrected chi connectivity index (χ4v) is 7.54. The molecule has 1 aromatic heterocycles. The highest BCUT2D eigenvalue weighted by Gasteiger charge is 2.38. The lowest BCUT2D eigenvalue weighted by Gasteiger charge is -2.31. The maximum atomic E-state index is 6.34. The van der Waals surface area contributed by atoms with E-state index in [2.05, 4.69) is 164 Å². The maximum absolute atomic E-state index is 6.34. The molecule has 0 fully saturated rings. The Morgan fingerprint density at radius 3 is 2.04 bits per heavy atom. The molecule has 1 aliphatic rings. The summed E-state index contributed by atoms with van der Waals surface area (Å²) >= 11 is 0. The molecule has 0 amide bonds. The molecule has 1 aliphatic carbocycles. The number of benzene rings is 7. The summed E-state index contributed by atoms with van der Waals surface area (Å²) in [6.45, 7) is 4.70. The normalized spacial score (nSPS) is 13.3. The second-order valence-corrected chi connectivity index (χ2v) is 12.5. The van der Waals surface area contributed by atoms with Crippen molar-refractivity contribution in [2.45, 2.75) is 19.3 Å². The van der Waals surface area contributed by atoms with Gasteiger partial charge in [-0.15, -0.1) is 0 Å². The molecule has 8 aromatic rings. The van der Waals surface area contributed by atoms with Crippen molar-refractivity contribution in [1.82, 2.24) is 0 Å². The van der Waals surface area contributed by atoms with Gasteiger partial charge in [-0.05, 0) is 69.4 Å². The van der Waals surface area contributed by atoms with E-state index in [4.69, 9.17) is 4.42 Å². The van der Waals surface area contributed by atoms with Crippen LogP contribution in [0.5, 0.6) is 0 Å². The van der Waals surface area contributed by atoms with Gasteiger partial charge in [-0.1, -0.05) is 129 Å². The van der Waals surface area contributed by atoms with Gasteiger partial charge in [0.15, 0.2) is 0 Å². The molecular weight excluding hydrogens is 546 g/mol. The van der Waals surface area contributed by atoms with Crippen LogP contribution in [0.2, 0.25) is 0 Å². The standard InChI is InChI=1S/C43H31NO/c1-43(2)35-19-8-5-16-33(35)42-36(43)20-12-22-38(42)44(30-26-25-28-13-3-4-14-29(28)27-30)37-21-9-6-15-31(37)32-18-11-24-40-41(32)34-17-7-10-23-39(34)45-40/h3-27H,1-2H3. The van der Waals surface area contributed by atoms with E-state index in [1.54, 1.807) is 0 Å². The zero-order chi connectivity index (χ0) is 30.1. The Balaban J connectivity index is 1.37. The van der Waals surface area contributed by atoms with E-state index < -0.39 is 0 Å². The monoisotopic (exact) mass is 577 g/mol. The molecule has 0 aliphatic heterocycles. The van der Waals surface area contributed by atoms with E-state index in [1.165, 1.54) is 38.7 Å². The van der Waals surface area contributed by atoms with Crippen molar-refractivity contribution in [3.63, 3.8) is 0 Å². The molecule has 0 spiro atoms. The topological polar surface area (TPSA) is 16.4 Å². The predicted octanol–water partition coefficient (Wildman–Crippen LogP) is 12.2. The predicted molar refractivity (Wildman–Crippen MR) is 189 cm³/mol. The van der Waals surface area contributed by atoms with Crippen molar-refractivity contribution in [3.05, 3.63) is 163 Å². The highest BCUT2D eigenvalue weighted by atomic mass is 16.3. The summed E-state index contributed by atoms with van der Waals surface area (Å²) in [6.07, 6.45) is 0. The summed E-state index contributed by atoms with van der Waals surface area (Å²) in [5.41, 5.74) is 12.8. The Labute approximate surface area is 262 Å². The average molecular weight is 578 g/mol. The smallest absolute Gasteiger partial charge is 0.136 e. The third-order valence-electron chi connectivity index (χ3n) is 9.66. The van der Waals surface area contributed by atoms with Crippen LogP contribution in [-0.4, -0.2) is 0 Å². The van der Waals surface area contributed by atoms with Crippen LogP contribution in [-0.2, 0) is 5.41 Å². The lowest BCUT2D eigenvalue weighted by molar-refractivity contribution is 0.660. The molecule has 0 unspecified atom stereocenters. The quantitative estimate of drug-likeness (QED) is 0.207. The van der Waals surface area contributed by atoms with E-state index in [0.29, 0.717) is 0 Å². The fraction of sp³-hybridized carbons (Fsp3) is 0.0698. The number of hydrogen-bond acceptors (Lipinski definition) is 2. The van der Waals surface area contributed by atoms with E-state index >= 15 is 0 Å². The van der Waals surface area contributed by atoms with Gasteiger partial charge in [0.05, 0.1) is 11.4 Å². The van der Waals surface area contributed by atoms with Crippen molar-refractivity contribution in [3.8, 4) is 22.3 Å². The molecule has 9 rings (SSSR count). The first-order valence-electron chi connectivity index (χ1n) is 15.6. The Bertz CT molecular complexity index is 2430. The van der Waals surface area contributed by atoms with Crippen molar-refractivity contribution >= 4 is 49.8 Å². The molecule has 0 saturated carbocycles. The fourth-order valence-electron chi connectivity index (χ4n) is 7.54. The van der Waals surface area contributed by atoms with Crippen molar-refractivity contribution in [2.24, 2.45) is 0 Å². The van der Waals surface area contributed by atoms with Gasteiger partial charge in [0, 0.05) is 33.0 Å². The summed E-state index contributed by atoms with van der Waals surface area (Å²) in [7, 11) is 0. The van der Waals surface area contributed by atoms with Crippen LogP contribution < -0.4 is 4.90 Å². The molecule has 0 N–H and O–H groups in total. The lowest BCUT2D eigenvalue weighted by Crippen LogP contribution is -2.16. The van der Waals surface area contributed by atoms with Crippen molar-refractivity contribution in [2.75, 3.05) is 4.90 Å². The number of fused-ring (bicyclic) bond motifs is 7. The molecule has 1 heterocycles. The minimum Gasteiger partial charge on any atom is -0.456 e. The summed E-state index contributed by atoms with van der Waals surface area (Å²) in [5, 5.41) is 4.72. The van der Waals surface area contributed by atoms with Gasteiger partial charge in [-0.3, -0.25) is 0 Å². The van der Waals surface area contributed by atoms with Gasteiger partial charge in [0.1, 0.15) is 11.2 Å². The zero-order valence-electron chi connectivity index (χ0n) is 25.3. The lowest BCUT2D eigenvalue weighted by atomic mass is 9.82. The number of rotatable bonds is 4. The van der Waals surface area contributed by atoms with Crippen molar-refractivity contribution < 1.29 is 4.42 Å². The van der Waals surface area contributed by atoms with Crippen LogP contribution in [0.1, 0.15) is 25.0 Å². The van der Waals surface area contributed by atoms with E-state index in [0.717, 1.165) is 44.4 Å². The molecule has 2 heteroatoms. The molecule has 0 saturated heterocycles. The third-order valence-corrected chi connectivity index (χ3v) is 9.66. The number of furan rings is 1. The molecule has 0 radical (unpaired) electrons. The Morgan fingerprint density at radius 1 is 0.489 bits per heavy atom. The molecular formula is C43H31NO. The molecule has 0 atom stereocenters. The summed E-state index contributed by atoms with van der Waals surface area (Å²) in [4.78, 5) is 2.47. The van der Waals surface area contributed by atoms with Crippen LogP contribution in [0.15, 0.2) is 156 Å². The average Bonchev–Trinajstić information content (AvgIpc) is 3.58. The van der Waals surface area contributed by atoms with Gasteiger partial charge in [-0.2, -0.15) is 0 Å². The zero-order valence-corrected chi connectivity index (χ0v) is 25.3. The van der Waals surface area contributed by atoms with Crippen LogP contribution in [0.25, 0.3) is 55.0 Å². The van der Waals surface area contributed by atoms with Crippen LogP contribution in [0.3, 0.4) is 0 Å². The first-order valence-corrected chi connectivity index (χ1v) is 15.6. The summed E-state index contributed by atoms with van der Waals surface area (Å²) in [6, 6.07) is 54.7. The first kappa shape index (κ1) is 25.9. The van der Waals surface area contributed by atoms with E-state index in [9.17, 15) is 0 Å². The maximum Gasteiger partial charge on any atom is 0.136 e. The Morgan fingerprint density at radius 2 is 1.13 bits per heavy atom. The minimum absolute atomic E-state index is 0.0994. The van der Waals surface area contributed by atoms with Crippen LogP contribution in [0.4, 0.5) is 17.1 Å². The molecule has 45 heavy (non-hydrogen) atoms. The largest absolute Gasteiger partial charge is 0.456 e. The van der Waals surface area contributed by atoms with Gasteiger partial charge in [-0.25, -0.2) is 0 Å². The third kappa shape index (κ3) is 3.82. The highest BCUT2D eigenvalue weighted by Crippen LogP contribution is 2.55. The molecule has 214 valence electrons. The van der Waals surface area contributed by atoms with E-state index in [1.807, 2.05) is 6.07 Å².